The lowest BCUT2D eigenvalue weighted by atomic mass is 10.1. The van der Waals surface area contributed by atoms with E-state index in [4.69, 9.17) is 4.99 Å². The van der Waals surface area contributed by atoms with Crippen LogP contribution in [0.3, 0.4) is 0 Å². The summed E-state index contributed by atoms with van der Waals surface area (Å²) < 4.78 is 0. The summed E-state index contributed by atoms with van der Waals surface area (Å²) in [4.78, 5) is 10.1. The van der Waals surface area contributed by atoms with Gasteiger partial charge in [-0.15, -0.1) is 0 Å². The number of piperidine rings is 2. The Morgan fingerprint density at radius 2 is 1.11 bits per heavy atom. The molecule has 104 valence electrons. The van der Waals surface area contributed by atoms with Gasteiger partial charge in [-0.3, -0.25) is 0 Å². The number of hydrogen-bond acceptors (Lipinski definition) is 1. The number of rotatable bonds is 0. The summed E-state index contributed by atoms with van der Waals surface area (Å²) in [6.07, 6.45) is 8.10. The summed E-state index contributed by atoms with van der Waals surface area (Å²) in [6.45, 7) is 11.4. The quantitative estimate of drug-likeness (QED) is 0.486. The van der Waals surface area contributed by atoms with E-state index in [1.165, 1.54) is 70.7 Å². The van der Waals surface area contributed by atoms with E-state index in [1.54, 1.807) is 0 Å². The van der Waals surface area contributed by atoms with Crippen LogP contribution < -0.4 is 0 Å². The molecule has 2 rings (SSSR count). The van der Waals surface area contributed by atoms with Gasteiger partial charge in [-0.2, -0.15) is 0 Å². The van der Waals surface area contributed by atoms with Crippen molar-refractivity contribution in [3.8, 4) is 0 Å². The Labute approximate surface area is 112 Å². The third-order valence-corrected chi connectivity index (χ3v) is 3.71. The Kier molecular flexibility index (Phi) is 4.52. The van der Waals surface area contributed by atoms with Crippen LogP contribution in [0.15, 0.2) is 4.99 Å². The van der Waals surface area contributed by atoms with Gasteiger partial charge in [0.2, 0.25) is 0 Å². The van der Waals surface area contributed by atoms with E-state index in [-0.39, 0.29) is 5.54 Å². The van der Waals surface area contributed by atoms with E-state index in [2.05, 4.69) is 30.6 Å². The van der Waals surface area contributed by atoms with Crippen molar-refractivity contribution in [1.82, 2.24) is 9.80 Å². The minimum atomic E-state index is 0.0320. The van der Waals surface area contributed by atoms with E-state index >= 15 is 0 Å². The van der Waals surface area contributed by atoms with Crippen LogP contribution >= 0.6 is 0 Å². The molecule has 2 fully saturated rings. The molecule has 2 heterocycles. The summed E-state index contributed by atoms with van der Waals surface area (Å²) >= 11 is 0. The van der Waals surface area contributed by atoms with Crippen LogP contribution in [-0.4, -0.2) is 47.5 Å². The Bertz CT molecular complexity index is 259. The molecule has 0 aromatic rings. The second-order valence-corrected chi connectivity index (χ2v) is 6.68. The molecule has 0 radical (unpaired) electrons. The van der Waals surface area contributed by atoms with Crippen molar-refractivity contribution in [3.63, 3.8) is 0 Å². The molecule has 2 aliphatic rings. The van der Waals surface area contributed by atoms with Crippen molar-refractivity contribution in [2.75, 3.05) is 26.2 Å². The topological polar surface area (TPSA) is 18.8 Å². The highest BCUT2D eigenvalue weighted by Crippen LogP contribution is 2.18. The Balaban J connectivity index is 2.13. The van der Waals surface area contributed by atoms with Crippen molar-refractivity contribution in [2.45, 2.75) is 64.8 Å². The third-order valence-electron chi connectivity index (χ3n) is 3.71. The summed E-state index contributed by atoms with van der Waals surface area (Å²) in [7, 11) is 0. The molecule has 18 heavy (non-hydrogen) atoms. The van der Waals surface area contributed by atoms with E-state index < -0.39 is 0 Å². The van der Waals surface area contributed by atoms with Gasteiger partial charge in [-0.25, -0.2) is 4.99 Å². The lowest BCUT2D eigenvalue weighted by Gasteiger charge is -2.39. The van der Waals surface area contributed by atoms with Gasteiger partial charge in [-0.1, -0.05) is 0 Å². The van der Waals surface area contributed by atoms with Crippen LogP contribution in [0.2, 0.25) is 0 Å². The van der Waals surface area contributed by atoms with Gasteiger partial charge in [0.15, 0.2) is 5.96 Å². The highest BCUT2D eigenvalue weighted by atomic mass is 15.4. The molecular formula is C15H29N3. The normalized spacial score (nSPS) is 21.9. The standard InChI is InChI=1S/C15H29N3/c1-15(2,3)16-14(17-10-6-4-7-11-17)18-12-8-5-9-13-18/h4-13H2,1-3H3. The molecule has 3 nitrogen and oxygen atoms in total. The van der Waals surface area contributed by atoms with Crippen LogP contribution in [-0.2, 0) is 0 Å². The minimum Gasteiger partial charge on any atom is -0.343 e. The van der Waals surface area contributed by atoms with Gasteiger partial charge < -0.3 is 9.80 Å². The Morgan fingerprint density at radius 1 is 0.722 bits per heavy atom. The fourth-order valence-corrected chi connectivity index (χ4v) is 2.83. The summed E-state index contributed by atoms with van der Waals surface area (Å²) in [5, 5.41) is 0. The zero-order chi connectivity index (χ0) is 13.0. The highest BCUT2D eigenvalue weighted by Gasteiger charge is 2.24. The summed E-state index contributed by atoms with van der Waals surface area (Å²) in [6, 6.07) is 0. The van der Waals surface area contributed by atoms with Gasteiger partial charge in [0, 0.05) is 26.2 Å². The molecule has 0 amide bonds. The molecule has 0 N–H and O–H groups in total. The molecule has 0 aromatic carbocycles. The first-order valence-electron chi connectivity index (χ1n) is 7.66. The molecule has 2 aliphatic heterocycles. The number of guanidine groups is 1. The maximum Gasteiger partial charge on any atom is 0.197 e. The number of hydrogen-bond donors (Lipinski definition) is 0. The zero-order valence-corrected chi connectivity index (χ0v) is 12.4. The fourth-order valence-electron chi connectivity index (χ4n) is 2.83. The minimum absolute atomic E-state index is 0.0320. The summed E-state index contributed by atoms with van der Waals surface area (Å²) in [5.74, 6) is 1.28. The Morgan fingerprint density at radius 3 is 1.44 bits per heavy atom. The monoisotopic (exact) mass is 251 g/mol. The van der Waals surface area contributed by atoms with Crippen molar-refractivity contribution in [2.24, 2.45) is 4.99 Å². The predicted molar refractivity (Wildman–Crippen MR) is 78.0 cm³/mol. The maximum absolute atomic E-state index is 5.02. The van der Waals surface area contributed by atoms with Crippen LogP contribution in [0, 0.1) is 0 Å². The number of nitrogens with zero attached hydrogens (tertiary/aromatic N) is 3. The third kappa shape index (κ3) is 3.89. The second kappa shape index (κ2) is 5.94. The van der Waals surface area contributed by atoms with E-state index in [0.717, 1.165) is 0 Å². The molecule has 0 aliphatic carbocycles. The fraction of sp³-hybridized carbons (Fsp3) is 0.933. The largest absolute Gasteiger partial charge is 0.343 e. The molecule has 3 heteroatoms. The van der Waals surface area contributed by atoms with Gasteiger partial charge in [-0.05, 0) is 59.3 Å². The predicted octanol–water partition coefficient (Wildman–Crippen LogP) is 3.11. The molecule has 0 saturated carbocycles. The first-order valence-corrected chi connectivity index (χ1v) is 7.66. The maximum atomic E-state index is 5.02. The molecule has 0 spiro atoms. The van der Waals surface area contributed by atoms with Gasteiger partial charge in [0.05, 0.1) is 5.54 Å². The van der Waals surface area contributed by atoms with Gasteiger partial charge >= 0.3 is 0 Å². The lowest BCUT2D eigenvalue weighted by molar-refractivity contribution is 0.252. The number of aliphatic imine (C=N–C) groups is 1. The lowest BCUT2D eigenvalue weighted by Crippen LogP contribution is -2.49. The van der Waals surface area contributed by atoms with E-state index in [0.29, 0.717) is 0 Å². The van der Waals surface area contributed by atoms with Crippen molar-refractivity contribution >= 4 is 5.96 Å². The average molecular weight is 251 g/mol. The van der Waals surface area contributed by atoms with Crippen LogP contribution in [0.1, 0.15) is 59.3 Å². The van der Waals surface area contributed by atoms with Gasteiger partial charge in [0.1, 0.15) is 0 Å². The first kappa shape index (κ1) is 13.7. The molecule has 2 saturated heterocycles. The number of likely N-dealkylation sites (tertiary alicyclic amines) is 2. The van der Waals surface area contributed by atoms with E-state index in [9.17, 15) is 0 Å². The Hall–Kier alpha value is -0.730. The molecule has 0 bridgehead atoms. The molecule has 0 aromatic heterocycles. The molecule has 0 atom stereocenters. The van der Waals surface area contributed by atoms with E-state index in [1.807, 2.05) is 0 Å². The molecular weight excluding hydrogens is 222 g/mol. The highest BCUT2D eigenvalue weighted by molar-refractivity contribution is 5.80. The van der Waals surface area contributed by atoms with Crippen LogP contribution in [0.5, 0.6) is 0 Å². The van der Waals surface area contributed by atoms with Crippen molar-refractivity contribution in [3.05, 3.63) is 0 Å². The zero-order valence-electron chi connectivity index (χ0n) is 12.4. The first-order chi connectivity index (χ1) is 8.56. The van der Waals surface area contributed by atoms with Crippen LogP contribution in [0.25, 0.3) is 0 Å². The van der Waals surface area contributed by atoms with Gasteiger partial charge in [0.25, 0.3) is 0 Å². The molecule has 0 unspecified atom stereocenters. The smallest absolute Gasteiger partial charge is 0.197 e. The SMILES string of the molecule is CC(C)(C)N=C(N1CCCCC1)N1CCCCC1. The van der Waals surface area contributed by atoms with Crippen LogP contribution in [0.4, 0.5) is 0 Å². The van der Waals surface area contributed by atoms with Crippen molar-refractivity contribution in [1.29, 1.82) is 0 Å². The summed E-state index contributed by atoms with van der Waals surface area (Å²) in [5.41, 5.74) is 0.0320. The second-order valence-electron chi connectivity index (χ2n) is 6.68. The van der Waals surface area contributed by atoms with Crippen molar-refractivity contribution < 1.29 is 0 Å². The average Bonchev–Trinajstić information content (AvgIpc) is 2.37.